The zero-order chi connectivity index (χ0) is 15.6. The molecule has 2 rings (SSSR count). The Bertz CT molecular complexity index is 579. The van der Waals surface area contributed by atoms with Crippen molar-refractivity contribution in [3.63, 3.8) is 0 Å². The van der Waals surface area contributed by atoms with Gasteiger partial charge in [0.1, 0.15) is 5.82 Å². The van der Waals surface area contributed by atoms with Crippen molar-refractivity contribution in [2.75, 3.05) is 0 Å². The normalized spacial score (nSPS) is 13.1. The number of pyridine rings is 1. The molecule has 3 nitrogen and oxygen atoms in total. The molecule has 2 heterocycles. The average Bonchev–Trinajstić information content (AvgIpc) is 2.79. The first-order valence-corrected chi connectivity index (χ1v) is 7.86. The van der Waals surface area contributed by atoms with Crippen LogP contribution in [0.5, 0.6) is 0 Å². The first-order chi connectivity index (χ1) is 9.88. The Kier molecular flexibility index (Phi) is 4.81. The standard InChI is InChI=1S/C18H27N3/c1-12(2)17-8-7-15(10-19-17)14(5)9-16-11-21(6)18(20-16)13(3)4/h7-8,10-14H,9H2,1-6H3. The Balaban J connectivity index is 2.10. The molecule has 0 aliphatic rings. The molecule has 0 amide bonds. The summed E-state index contributed by atoms with van der Waals surface area (Å²) < 4.78 is 2.15. The van der Waals surface area contributed by atoms with Crippen LogP contribution in [0.3, 0.4) is 0 Å². The zero-order valence-corrected chi connectivity index (χ0v) is 14.1. The molecule has 0 aromatic carbocycles. The summed E-state index contributed by atoms with van der Waals surface area (Å²) in [5.41, 5.74) is 3.61. The molecular formula is C18H27N3. The summed E-state index contributed by atoms with van der Waals surface area (Å²) in [5.74, 6) is 2.55. The van der Waals surface area contributed by atoms with Crippen molar-refractivity contribution in [1.29, 1.82) is 0 Å². The van der Waals surface area contributed by atoms with Gasteiger partial charge in [-0.2, -0.15) is 0 Å². The summed E-state index contributed by atoms with van der Waals surface area (Å²) >= 11 is 0. The fraction of sp³-hybridized carbons (Fsp3) is 0.556. The molecule has 114 valence electrons. The summed E-state index contributed by atoms with van der Waals surface area (Å²) in [6, 6.07) is 4.35. The second-order valence-electron chi connectivity index (χ2n) is 6.63. The highest BCUT2D eigenvalue weighted by molar-refractivity contribution is 5.21. The average molecular weight is 285 g/mol. The lowest BCUT2D eigenvalue weighted by Gasteiger charge is -2.11. The van der Waals surface area contributed by atoms with E-state index in [1.807, 2.05) is 6.20 Å². The third kappa shape index (κ3) is 3.72. The molecule has 0 radical (unpaired) electrons. The molecule has 0 aliphatic heterocycles. The zero-order valence-electron chi connectivity index (χ0n) is 14.1. The lowest BCUT2D eigenvalue weighted by Crippen LogP contribution is -2.01. The van der Waals surface area contributed by atoms with E-state index >= 15 is 0 Å². The van der Waals surface area contributed by atoms with E-state index in [1.165, 1.54) is 11.3 Å². The van der Waals surface area contributed by atoms with Crippen molar-refractivity contribution >= 4 is 0 Å². The summed E-state index contributed by atoms with van der Waals surface area (Å²) in [6.45, 7) is 11.0. The minimum atomic E-state index is 0.439. The van der Waals surface area contributed by atoms with Gasteiger partial charge >= 0.3 is 0 Å². The van der Waals surface area contributed by atoms with E-state index in [9.17, 15) is 0 Å². The van der Waals surface area contributed by atoms with Crippen LogP contribution in [0.2, 0.25) is 0 Å². The minimum Gasteiger partial charge on any atom is -0.338 e. The largest absolute Gasteiger partial charge is 0.338 e. The predicted molar refractivity (Wildman–Crippen MR) is 87.7 cm³/mol. The number of aromatic nitrogens is 3. The van der Waals surface area contributed by atoms with E-state index in [1.54, 1.807) is 0 Å². The molecule has 3 heteroatoms. The van der Waals surface area contributed by atoms with E-state index in [0.29, 0.717) is 17.8 Å². The highest BCUT2D eigenvalue weighted by atomic mass is 15.0. The quantitative estimate of drug-likeness (QED) is 0.814. The van der Waals surface area contributed by atoms with Gasteiger partial charge in [-0.25, -0.2) is 4.98 Å². The van der Waals surface area contributed by atoms with Gasteiger partial charge in [-0.05, 0) is 29.9 Å². The van der Waals surface area contributed by atoms with Crippen molar-refractivity contribution in [1.82, 2.24) is 14.5 Å². The summed E-state index contributed by atoms with van der Waals surface area (Å²) in [6.07, 6.45) is 5.14. The molecular weight excluding hydrogens is 258 g/mol. The Morgan fingerprint density at radius 3 is 2.24 bits per heavy atom. The minimum absolute atomic E-state index is 0.439. The molecule has 0 bridgehead atoms. The van der Waals surface area contributed by atoms with E-state index in [4.69, 9.17) is 4.98 Å². The van der Waals surface area contributed by atoms with Gasteiger partial charge in [-0.3, -0.25) is 4.98 Å². The number of aryl methyl sites for hydroxylation is 1. The molecule has 0 N–H and O–H groups in total. The number of nitrogens with zero attached hydrogens (tertiary/aromatic N) is 3. The molecule has 1 unspecified atom stereocenters. The van der Waals surface area contributed by atoms with Crippen LogP contribution in [0, 0.1) is 0 Å². The maximum atomic E-state index is 4.76. The second kappa shape index (κ2) is 6.42. The van der Waals surface area contributed by atoms with Crippen LogP contribution in [-0.2, 0) is 13.5 Å². The molecule has 21 heavy (non-hydrogen) atoms. The molecule has 0 saturated carbocycles. The van der Waals surface area contributed by atoms with Crippen LogP contribution in [0.25, 0.3) is 0 Å². The van der Waals surface area contributed by atoms with Gasteiger partial charge in [0.15, 0.2) is 0 Å². The third-order valence-electron chi connectivity index (χ3n) is 3.96. The van der Waals surface area contributed by atoms with E-state index in [2.05, 4.69) is 69.5 Å². The van der Waals surface area contributed by atoms with Gasteiger partial charge in [0.2, 0.25) is 0 Å². The Hall–Kier alpha value is -1.64. The number of rotatable bonds is 5. The fourth-order valence-corrected chi connectivity index (χ4v) is 2.66. The van der Waals surface area contributed by atoms with Gasteiger partial charge in [0.25, 0.3) is 0 Å². The van der Waals surface area contributed by atoms with Gasteiger partial charge in [0.05, 0.1) is 5.69 Å². The molecule has 0 aliphatic carbocycles. The number of hydrogen-bond donors (Lipinski definition) is 0. The Morgan fingerprint density at radius 2 is 1.76 bits per heavy atom. The lowest BCUT2D eigenvalue weighted by atomic mass is 9.97. The van der Waals surface area contributed by atoms with Crippen LogP contribution in [0.4, 0.5) is 0 Å². The SMILES string of the molecule is CC(C)c1ccc(C(C)Cc2cn(C)c(C(C)C)n2)cn1. The second-order valence-corrected chi connectivity index (χ2v) is 6.63. The smallest absolute Gasteiger partial charge is 0.111 e. The van der Waals surface area contributed by atoms with Crippen LogP contribution in [0.15, 0.2) is 24.5 Å². The van der Waals surface area contributed by atoms with Gasteiger partial charge in [-0.15, -0.1) is 0 Å². The summed E-state index contributed by atoms with van der Waals surface area (Å²) in [5, 5.41) is 0. The Morgan fingerprint density at radius 1 is 1.05 bits per heavy atom. The van der Waals surface area contributed by atoms with E-state index < -0.39 is 0 Å². The fourth-order valence-electron chi connectivity index (χ4n) is 2.66. The van der Waals surface area contributed by atoms with Crippen molar-refractivity contribution in [3.05, 3.63) is 47.3 Å². The van der Waals surface area contributed by atoms with Crippen LogP contribution >= 0.6 is 0 Å². The highest BCUT2D eigenvalue weighted by Gasteiger charge is 2.13. The van der Waals surface area contributed by atoms with Gasteiger partial charge < -0.3 is 4.57 Å². The van der Waals surface area contributed by atoms with Crippen LogP contribution < -0.4 is 0 Å². The third-order valence-corrected chi connectivity index (χ3v) is 3.96. The van der Waals surface area contributed by atoms with Crippen molar-refractivity contribution in [2.24, 2.45) is 7.05 Å². The maximum Gasteiger partial charge on any atom is 0.111 e. The van der Waals surface area contributed by atoms with Gasteiger partial charge in [-0.1, -0.05) is 40.7 Å². The highest BCUT2D eigenvalue weighted by Crippen LogP contribution is 2.22. The maximum absolute atomic E-state index is 4.76. The Labute approximate surface area is 128 Å². The van der Waals surface area contributed by atoms with Crippen molar-refractivity contribution in [3.8, 4) is 0 Å². The summed E-state index contributed by atoms with van der Waals surface area (Å²) in [4.78, 5) is 9.33. The first-order valence-electron chi connectivity index (χ1n) is 7.86. The number of imidazole rings is 1. The number of hydrogen-bond acceptors (Lipinski definition) is 2. The van der Waals surface area contributed by atoms with E-state index in [0.717, 1.165) is 17.9 Å². The molecule has 0 fully saturated rings. The monoisotopic (exact) mass is 285 g/mol. The van der Waals surface area contributed by atoms with Crippen LogP contribution in [0.1, 0.15) is 75.1 Å². The molecule has 0 spiro atoms. The van der Waals surface area contributed by atoms with Crippen molar-refractivity contribution in [2.45, 2.75) is 58.8 Å². The first kappa shape index (κ1) is 15.7. The topological polar surface area (TPSA) is 30.7 Å². The van der Waals surface area contributed by atoms with Crippen molar-refractivity contribution < 1.29 is 0 Å². The van der Waals surface area contributed by atoms with Crippen LogP contribution in [-0.4, -0.2) is 14.5 Å². The predicted octanol–water partition coefficient (Wildman–Crippen LogP) is 4.41. The summed E-state index contributed by atoms with van der Waals surface area (Å²) in [7, 11) is 2.08. The molecule has 0 saturated heterocycles. The molecule has 2 aromatic rings. The van der Waals surface area contributed by atoms with Gasteiger partial charge in [0, 0.05) is 31.1 Å². The van der Waals surface area contributed by atoms with E-state index in [-0.39, 0.29) is 0 Å². The lowest BCUT2D eigenvalue weighted by molar-refractivity contribution is 0.705. The molecule has 2 aromatic heterocycles. The molecule has 1 atom stereocenters.